The van der Waals surface area contributed by atoms with Crippen LogP contribution in [0.15, 0.2) is 30.6 Å². The molecule has 1 fully saturated rings. The average Bonchev–Trinajstić information content (AvgIpc) is 2.71. The van der Waals surface area contributed by atoms with Gasteiger partial charge in [0.25, 0.3) is 0 Å². The number of para-hydroxylation sites is 1. The first kappa shape index (κ1) is 13.8. The van der Waals surface area contributed by atoms with Crippen molar-refractivity contribution in [1.29, 1.82) is 0 Å². The number of hydrogen-bond donors (Lipinski definition) is 1. The second kappa shape index (κ2) is 6.05. The second-order valence-electron chi connectivity index (χ2n) is 5.22. The summed E-state index contributed by atoms with van der Waals surface area (Å²) in [7, 11) is 0. The minimum Gasteiger partial charge on any atom is -0.480 e. The summed E-state index contributed by atoms with van der Waals surface area (Å²) in [6.45, 7) is 3.33. The summed E-state index contributed by atoms with van der Waals surface area (Å²) < 4.78 is 0. The van der Waals surface area contributed by atoms with Gasteiger partial charge in [0.15, 0.2) is 0 Å². The maximum Gasteiger partial charge on any atom is 0.317 e. The van der Waals surface area contributed by atoms with Crippen molar-refractivity contribution in [2.24, 2.45) is 0 Å². The quantitative estimate of drug-likeness (QED) is 0.915. The minimum absolute atomic E-state index is 0.109. The lowest BCUT2D eigenvalue weighted by Crippen LogP contribution is -2.34. The van der Waals surface area contributed by atoms with Crippen molar-refractivity contribution in [2.45, 2.75) is 6.42 Å². The molecule has 0 radical (unpaired) electrons. The van der Waals surface area contributed by atoms with E-state index in [4.69, 9.17) is 5.11 Å². The molecule has 0 atom stereocenters. The van der Waals surface area contributed by atoms with Gasteiger partial charge in [-0.05, 0) is 18.6 Å². The number of carbonyl (C=O) groups is 1. The van der Waals surface area contributed by atoms with Gasteiger partial charge in [-0.1, -0.05) is 12.1 Å². The predicted molar refractivity (Wildman–Crippen MR) is 80.4 cm³/mol. The van der Waals surface area contributed by atoms with Crippen LogP contribution in [0.2, 0.25) is 0 Å². The van der Waals surface area contributed by atoms with E-state index in [1.165, 1.54) is 0 Å². The molecule has 3 rings (SSSR count). The van der Waals surface area contributed by atoms with Crippen LogP contribution in [0, 0.1) is 0 Å². The molecule has 1 aromatic carbocycles. The Hall–Kier alpha value is -2.21. The van der Waals surface area contributed by atoms with Gasteiger partial charge in [-0.25, -0.2) is 9.97 Å². The van der Waals surface area contributed by atoms with Crippen molar-refractivity contribution in [3.63, 3.8) is 0 Å². The van der Waals surface area contributed by atoms with Gasteiger partial charge in [0, 0.05) is 31.6 Å². The van der Waals surface area contributed by atoms with E-state index in [1.54, 1.807) is 6.33 Å². The minimum atomic E-state index is -0.768. The molecule has 1 saturated heterocycles. The fourth-order valence-corrected chi connectivity index (χ4v) is 2.77. The summed E-state index contributed by atoms with van der Waals surface area (Å²) in [6, 6.07) is 7.97. The van der Waals surface area contributed by atoms with E-state index in [0.717, 1.165) is 49.3 Å². The van der Waals surface area contributed by atoms with Crippen LogP contribution in [0.5, 0.6) is 0 Å². The van der Waals surface area contributed by atoms with E-state index in [-0.39, 0.29) is 6.54 Å². The molecule has 0 amide bonds. The maximum absolute atomic E-state index is 10.8. The highest BCUT2D eigenvalue weighted by atomic mass is 16.4. The molecule has 0 aliphatic carbocycles. The number of aromatic nitrogens is 2. The fraction of sp³-hybridized carbons (Fsp3) is 0.400. The molecule has 1 N–H and O–H groups in total. The first-order valence-electron chi connectivity index (χ1n) is 7.13. The fourth-order valence-electron chi connectivity index (χ4n) is 2.77. The van der Waals surface area contributed by atoms with Crippen molar-refractivity contribution in [2.75, 3.05) is 37.6 Å². The van der Waals surface area contributed by atoms with Gasteiger partial charge in [0.1, 0.15) is 12.1 Å². The lowest BCUT2D eigenvalue weighted by Gasteiger charge is -2.23. The summed E-state index contributed by atoms with van der Waals surface area (Å²) >= 11 is 0. The summed E-state index contributed by atoms with van der Waals surface area (Å²) in [5, 5.41) is 9.95. The molecule has 110 valence electrons. The summed E-state index contributed by atoms with van der Waals surface area (Å²) in [4.78, 5) is 23.8. The van der Waals surface area contributed by atoms with Crippen LogP contribution in [-0.4, -0.2) is 58.7 Å². The Morgan fingerprint density at radius 1 is 1.14 bits per heavy atom. The largest absolute Gasteiger partial charge is 0.480 e. The van der Waals surface area contributed by atoms with Gasteiger partial charge in [-0.3, -0.25) is 9.69 Å². The molecule has 1 aliphatic heterocycles. The van der Waals surface area contributed by atoms with Crippen LogP contribution in [0.25, 0.3) is 10.9 Å². The highest BCUT2D eigenvalue weighted by Gasteiger charge is 2.19. The zero-order chi connectivity index (χ0) is 14.7. The highest BCUT2D eigenvalue weighted by molar-refractivity contribution is 5.89. The van der Waals surface area contributed by atoms with E-state index in [1.807, 2.05) is 29.2 Å². The molecule has 0 bridgehead atoms. The maximum atomic E-state index is 10.8. The van der Waals surface area contributed by atoms with Gasteiger partial charge in [-0.15, -0.1) is 0 Å². The number of benzene rings is 1. The number of carboxylic acid groups (broad SMARTS) is 1. The van der Waals surface area contributed by atoms with Crippen LogP contribution in [0.1, 0.15) is 6.42 Å². The van der Waals surface area contributed by atoms with Gasteiger partial charge >= 0.3 is 5.97 Å². The van der Waals surface area contributed by atoms with Crippen LogP contribution >= 0.6 is 0 Å². The summed E-state index contributed by atoms with van der Waals surface area (Å²) in [5.41, 5.74) is 0.939. The van der Waals surface area contributed by atoms with Gasteiger partial charge < -0.3 is 10.0 Å². The lowest BCUT2D eigenvalue weighted by molar-refractivity contribution is -0.138. The van der Waals surface area contributed by atoms with E-state index in [0.29, 0.717) is 0 Å². The third kappa shape index (κ3) is 3.11. The van der Waals surface area contributed by atoms with E-state index < -0.39 is 5.97 Å². The topological polar surface area (TPSA) is 69.6 Å². The Labute approximate surface area is 123 Å². The van der Waals surface area contributed by atoms with Gasteiger partial charge in [0.05, 0.1) is 12.1 Å². The summed E-state index contributed by atoms with van der Waals surface area (Å²) in [6.07, 6.45) is 2.53. The van der Waals surface area contributed by atoms with Crippen molar-refractivity contribution >= 4 is 22.7 Å². The Bertz CT molecular complexity index is 641. The SMILES string of the molecule is O=C(O)CN1CCCN(c2ncnc3ccccc23)CC1. The third-order valence-electron chi connectivity index (χ3n) is 3.77. The standard InChI is InChI=1S/C15H18N4O2/c20-14(21)10-18-6-3-7-19(9-8-18)15-12-4-1-2-5-13(12)16-11-17-15/h1-2,4-5,11H,3,6-10H2,(H,20,21). The molecule has 0 unspecified atom stereocenters. The predicted octanol–water partition coefficient (Wildman–Crippen LogP) is 1.23. The number of anilines is 1. The third-order valence-corrected chi connectivity index (χ3v) is 3.77. The molecular weight excluding hydrogens is 268 g/mol. The zero-order valence-corrected chi connectivity index (χ0v) is 11.8. The van der Waals surface area contributed by atoms with Crippen molar-refractivity contribution < 1.29 is 9.90 Å². The number of hydrogen-bond acceptors (Lipinski definition) is 5. The number of nitrogens with zero attached hydrogens (tertiary/aromatic N) is 4. The van der Waals surface area contributed by atoms with Crippen LogP contribution < -0.4 is 4.90 Å². The number of carboxylic acids is 1. The molecule has 1 aromatic heterocycles. The molecule has 6 heteroatoms. The highest BCUT2D eigenvalue weighted by Crippen LogP contribution is 2.23. The molecule has 2 heterocycles. The second-order valence-corrected chi connectivity index (χ2v) is 5.22. The van der Waals surface area contributed by atoms with Crippen LogP contribution in [0.4, 0.5) is 5.82 Å². The number of fused-ring (bicyclic) bond motifs is 1. The molecule has 2 aromatic rings. The van der Waals surface area contributed by atoms with Gasteiger partial charge in [-0.2, -0.15) is 0 Å². The number of aliphatic carboxylic acids is 1. The normalized spacial score (nSPS) is 16.9. The van der Waals surface area contributed by atoms with Crippen molar-refractivity contribution in [3.8, 4) is 0 Å². The van der Waals surface area contributed by atoms with E-state index >= 15 is 0 Å². The van der Waals surface area contributed by atoms with Crippen LogP contribution in [-0.2, 0) is 4.79 Å². The Kier molecular flexibility index (Phi) is 3.96. The Morgan fingerprint density at radius 3 is 2.86 bits per heavy atom. The molecule has 6 nitrogen and oxygen atoms in total. The first-order chi connectivity index (χ1) is 10.2. The summed E-state index contributed by atoms with van der Waals surface area (Å²) in [5.74, 6) is 0.175. The molecule has 1 aliphatic rings. The van der Waals surface area contributed by atoms with E-state index in [9.17, 15) is 4.79 Å². The zero-order valence-electron chi connectivity index (χ0n) is 11.8. The average molecular weight is 286 g/mol. The Balaban J connectivity index is 1.81. The van der Waals surface area contributed by atoms with E-state index in [2.05, 4.69) is 14.9 Å². The smallest absolute Gasteiger partial charge is 0.317 e. The Morgan fingerprint density at radius 2 is 2.00 bits per heavy atom. The molecule has 0 spiro atoms. The monoisotopic (exact) mass is 286 g/mol. The van der Waals surface area contributed by atoms with Crippen LogP contribution in [0.3, 0.4) is 0 Å². The van der Waals surface area contributed by atoms with Crippen molar-refractivity contribution in [3.05, 3.63) is 30.6 Å². The van der Waals surface area contributed by atoms with Gasteiger partial charge in [0.2, 0.25) is 0 Å². The molecule has 0 saturated carbocycles. The number of rotatable bonds is 3. The molecular formula is C15H18N4O2. The van der Waals surface area contributed by atoms with Crippen molar-refractivity contribution in [1.82, 2.24) is 14.9 Å². The first-order valence-corrected chi connectivity index (χ1v) is 7.13. The molecule has 21 heavy (non-hydrogen) atoms. The lowest BCUT2D eigenvalue weighted by atomic mass is 10.2.